The van der Waals surface area contributed by atoms with Crippen LogP contribution in [0.5, 0.6) is 5.75 Å². The van der Waals surface area contributed by atoms with Crippen LogP contribution in [-0.2, 0) is 11.3 Å². The van der Waals surface area contributed by atoms with Crippen molar-refractivity contribution >= 4 is 39.9 Å². The van der Waals surface area contributed by atoms with E-state index in [2.05, 4.69) is 6.07 Å². The second-order valence-corrected chi connectivity index (χ2v) is 7.91. The first-order valence-electron chi connectivity index (χ1n) is 7.47. The molecule has 1 aliphatic rings. The minimum atomic E-state index is -0.932. The van der Waals surface area contributed by atoms with Gasteiger partial charge in [-0.1, -0.05) is 18.2 Å². The van der Waals surface area contributed by atoms with Crippen LogP contribution in [0, 0.1) is 5.41 Å². The number of benzene rings is 2. The molecule has 2 aromatic rings. The highest BCUT2D eigenvalue weighted by molar-refractivity contribution is 6.53. The topological polar surface area (TPSA) is 29.5 Å². The van der Waals surface area contributed by atoms with Gasteiger partial charge in [0.25, 0.3) is 0 Å². The lowest BCUT2D eigenvalue weighted by Crippen LogP contribution is -2.34. The Morgan fingerprint density at radius 3 is 2.43 bits per heavy atom. The van der Waals surface area contributed by atoms with E-state index in [4.69, 9.17) is 27.9 Å². The molecule has 0 heterocycles. The van der Waals surface area contributed by atoms with Crippen LogP contribution < -0.4 is 4.74 Å². The Morgan fingerprint density at radius 2 is 1.83 bits per heavy atom. The van der Waals surface area contributed by atoms with Crippen molar-refractivity contribution in [2.45, 2.75) is 24.2 Å². The number of carbonyl (C=O) groups is 1. The number of hydrogen-bond donors (Lipinski definition) is 0. The number of alkyl halides is 2. The molecule has 3 rings (SSSR count). The smallest absolute Gasteiger partial charge is 0.231 e. The van der Waals surface area contributed by atoms with Gasteiger partial charge in [-0.2, -0.15) is 0 Å². The number of nitrogens with zero attached hydrogens (tertiary/aromatic N) is 1. The summed E-state index contributed by atoms with van der Waals surface area (Å²) < 4.78 is 4.30. The first kappa shape index (κ1) is 16.4. The zero-order chi connectivity index (χ0) is 16.8. The molecular weight excluding hydrogens is 333 g/mol. The van der Waals surface area contributed by atoms with Crippen molar-refractivity contribution in [3.8, 4) is 5.75 Å². The van der Waals surface area contributed by atoms with E-state index in [0.29, 0.717) is 13.0 Å². The van der Waals surface area contributed by atoms with Gasteiger partial charge in [0.2, 0.25) is 5.91 Å². The summed E-state index contributed by atoms with van der Waals surface area (Å²) in [6.07, 6.45) is 0.504. The van der Waals surface area contributed by atoms with E-state index in [1.165, 1.54) is 0 Å². The molecule has 0 bridgehead atoms. The average molecular weight is 352 g/mol. The highest BCUT2D eigenvalue weighted by Gasteiger charge is 2.68. The van der Waals surface area contributed by atoms with E-state index in [9.17, 15) is 4.79 Å². The molecular formula is C18H19Cl2NO2. The summed E-state index contributed by atoms with van der Waals surface area (Å²) in [5.41, 5.74) is 0.396. The van der Waals surface area contributed by atoms with Crippen LogP contribution in [-0.4, -0.2) is 29.3 Å². The predicted octanol–water partition coefficient (Wildman–Crippen LogP) is 4.39. The molecule has 0 radical (unpaired) electrons. The van der Waals surface area contributed by atoms with Crippen molar-refractivity contribution in [3.05, 3.63) is 42.0 Å². The quantitative estimate of drug-likeness (QED) is 0.764. The molecule has 0 saturated heterocycles. The van der Waals surface area contributed by atoms with Crippen LogP contribution in [0.15, 0.2) is 36.4 Å². The SMILES string of the molecule is COc1ccc2cc(CN(C)C(=O)C3(C)CC3(Cl)Cl)ccc2c1. The number of fused-ring (bicyclic) bond motifs is 1. The molecule has 1 fully saturated rings. The van der Waals surface area contributed by atoms with Gasteiger partial charge < -0.3 is 9.64 Å². The maximum Gasteiger partial charge on any atom is 0.231 e. The molecule has 5 heteroatoms. The van der Waals surface area contributed by atoms with Crippen molar-refractivity contribution < 1.29 is 9.53 Å². The zero-order valence-electron chi connectivity index (χ0n) is 13.4. The fourth-order valence-corrected chi connectivity index (χ4v) is 3.59. The molecule has 0 aliphatic heterocycles. The normalized spacial score (nSPS) is 22.0. The van der Waals surface area contributed by atoms with Gasteiger partial charge >= 0.3 is 0 Å². The lowest BCUT2D eigenvalue weighted by molar-refractivity contribution is -0.135. The molecule has 0 aromatic heterocycles. The van der Waals surface area contributed by atoms with Gasteiger partial charge in [0, 0.05) is 13.6 Å². The van der Waals surface area contributed by atoms with Crippen LogP contribution in [0.2, 0.25) is 0 Å². The highest BCUT2D eigenvalue weighted by atomic mass is 35.5. The van der Waals surface area contributed by atoms with Gasteiger partial charge in [-0.05, 0) is 47.9 Å². The van der Waals surface area contributed by atoms with Gasteiger partial charge in [-0.25, -0.2) is 0 Å². The van der Waals surface area contributed by atoms with Crippen LogP contribution in [0.1, 0.15) is 18.9 Å². The monoisotopic (exact) mass is 351 g/mol. The third kappa shape index (κ3) is 2.88. The number of rotatable bonds is 4. The highest BCUT2D eigenvalue weighted by Crippen LogP contribution is 2.64. The molecule has 23 heavy (non-hydrogen) atoms. The number of methoxy groups -OCH3 is 1. The summed E-state index contributed by atoms with van der Waals surface area (Å²) in [6, 6.07) is 12.1. The molecule has 1 atom stereocenters. The maximum atomic E-state index is 12.5. The number of amides is 1. The van der Waals surface area contributed by atoms with Crippen molar-refractivity contribution in [2.24, 2.45) is 5.41 Å². The first-order chi connectivity index (χ1) is 10.8. The second kappa shape index (κ2) is 5.57. The van der Waals surface area contributed by atoms with Gasteiger partial charge in [-0.3, -0.25) is 4.79 Å². The molecule has 2 aromatic carbocycles. The van der Waals surface area contributed by atoms with Crippen LogP contribution in [0.25, 0.3) is 10.8 Å². The summed E-state index contributed by atoms with van der Waals surface area (Å²) in [6.45, 7) is 2.35. The van der Waals surface area contributed by atoms with Crippen LogP contribution in [0.3, 0.4) is 0 Å². The second-order valence-electron chi connectivity index (χ2n) is 6.42. The molecule has 3 nitrogen and oxygen atoms in total. The van der Waals surface area contributed by atoms with Crippen molar-refractivity contribution in [1.82, 2.24) is 4.90 Å². The Hall–Kier alpha value is -1.45. The largest absolute Gasteiger partial charge is 0.497 e. The Morgan fingerprint density at radius 1 is 1.22 bits per heavy atom. The molecule has 1 unspecified atom stereocenters. The molecule has 1 saturated carbocycles. The van der Waals surface area contributed by atoms with Crippen molar-refractivity contribution in [3.63, 3.8) is 0 Å². The minimum Gasteiger partial charge on any atom is -0.497 e. The lowest BCUT2D eigenvalue weighted by atomic mass is 10.0. The number of carbonyl (C=O) groups excluding carboxylic acids is 1. The molecule has 0 spiro atoms. The van der Waals surface area contributed by atoms with E-state index >= 15 is 0 Å². The van der Waals surface area contributed by atoms with Crippen molar-refractivity contribution in [2.75, 3.05) is 14.2 Å². The van der Waals surface area contributed by atoms with E-state index in [1.54, 1.807) is 19.1 Å². The van der Waals surface area contributed by atoms with Crippen molar-refractivity contribution in [1.29, 1.82) is 0 Å². The Kier molecular flexibility index (Phi) is 3.97. The Balaban J connectivity index is 1.77. The molecule has 122 valence electrons. The standard InChI is InChI=1S/C18H19Cl2NO2/c1-17(11-18(17,19)20)16(22)21(2)10-12-4-5-14-9-15(23-3)7-6-13(14)8-12/h4-9H,10-11H2,1-3H3. The van der Waals surface area contributed by atoms with Gasteiger partial charge in [0.05, 0.1) is 12.5 Å². The Bertz CT molecular complexity index is 775. The van der Waals surface area contributed by atoms with E-state index < -0.39 is 9.75 Å². The van der Waals surface area contributed by atoms with Crippen LogP contribution in [0.4, 0.5) is 0 Å². The summed E-state index contributed by atoms with van der Waals surface area (Å²) in [5, 5.41) is 2.22. The average Bonchev–Trinajstić information content (AvgIpc) is 3.05. The first-order valence-corrected chi connectivity index (χ1v) is 8.22. The van der Waals surface area contributed by atoms with E-state index in [0.717, 1.165) is 22.1 Å². The fourth-order valence-electron chi connectivity index (χ4n) is 2.90. The summed E-state index contributed by atoms with van der Waals surface area (Å²) in [7, 11) is 3.44. The predicted molar refractivity (Wildman–Crippen MR) is 94.1 cm³/mol. The minimum absolute atomic E-state index is 0.0164. The lowest BCUT2D eigenvalue weighted by Gasteiger charge is -2.22. The number of halogens is 2. The number of ether oxygens (including phenoxy) is 1. The van der Waals surface area contributed by atoms with Gasteiger partial charge in [0.1, 0.15) is 10.1 Å². The van der Waals surface area contributed by atoms with E-state index in [-0.39, 0.29) is 5.91 Å². The molecule has 1 aliphatic carbocycles. The fraction of sp³-hybridized carbons (Fsp3) is 0.389. The maximum absolute atomic E-state index is 12.5. The molecule has 1 amide bonds. The summed E-state index contributed by atoms with van der Waals surface area (Å²) in [5.74, 6) is 0.817. The zero-order valence-corrected chi connectivity index (χ0v) is 14.9. The Labute approximate surface area is 146 Å². The third-order valence-corrected chi connectivity index (χ3v) is 5.71. The van der Waals surface area contributed by atoms with Gasteiger partial charge in [0.15, 0.2) is 0 Å². The summed E-state index contributed by atoms with van der Waals surface area (Å²) >= 11 is 12.2. The third-order valence-electron chi connectivity index (χ3n) is 4.61. The summed E-state index contributed by atoms with van der Waals surface area (Å²) in [4.78, 5) is 14.2. The van der Waals surface area contributed by atoms with Crippen LogP contribution >= 0.6 is 23.2 Å². The molecule has 0 N–H and O–H groups in total. The number of hydrogen-bond acceptors (Lipinski definition) is 2. The van der Waals surface area contributed by atoms with Gasteiger partial charge in [-0.15, -0.1) is 23.2 Å². The van der Waals surface area contributed by atoms with E-state index in [1.807, 2.05) is 37.3 Å².